The van der Waals surface area contributed by atoms with Gasteiger partial charge in [-0.1, -0.05) is 72.8 Å². The zero-order valence-electron chi connectivity index (χ0n) is 13.0. The van der Waals surface area contributed by atoms with Gasteiger partial charge in [-0.2, -0.15) is 0 Å². The minimum absolute atomic E-state index is 0.153. The molecule has 0 aliphatic carbocycles. The van der Waals surface area contributed by atoms with E-state index in [2.05, 4.69) is 10.9 Å². The Labute approximate surface area is 139 Å². The van der Waals surface area contributed by atoms with Crippen LogP contribution in [0.4, 0.5) is 5.69 Å². The number of fused-ring (bicyclic) bond motifs is 2. The zero-order valence-corrected chi connectivity index (χ0v) is 13.0. The fourth-order valence-electron chi connectivity index (χ4n) is 2.95. The van der Waals surface area contributed by atoms with Crippen LogP contribution in [0.3, 0.4) is 0 Å². The summed E-state index contributed by atoms with van der Waals surface area (Å²) in [6.07, 6.45) is 0. The average molecular weight is 312 g/mol. The quantitative estimate of drug-likeness (QED) is 0.536. The van der Waals surface area contributed by atoms with E-state index in [9.17, 15) is 4.79 Å². The number of nitrogens with one attached hydrogen (secondary N) is 2. The number of carbonyl (C=O) groups excluding carboxylic acids is 1. The monoisotopic (exact) mass is 312 g/mol. The Bertz CT molecular complexity index is 1030. The van der Waals surface area contributed by atoms with Gasteiger partial charge < -0.3 is 0 Å². The molecule has 3 heteroatoms. The molecular formula is C21H16N2O. The maximum Gasteiger partial charge on any atom is 0.270 e. The number of anilines is 1. The van der Waals surface area contributed by atoms with Gasteiger partial charge in [0.1, 0.15) is 0 Å². The van der Waals surface area contributed by atoms with E-state index < -0.39 is 0 Å². The van der Waals surface area contributed by atoms with Gasteiger partial charge in [0.05, 0.1) is 5.69 Å². The Balaban J connectivity index is 1.62. The Hall–Kier alpha value is -3.33. The van der Waals surface area contributed by atoms with Crippen LogP contribution >= 0.6 is 0 Å². The van der Waals surface area contributed by atoms with E-state index in [0.717, 1.165) is 27.2 Å². The van der Waals surface area contributed by atoms with Gasteiger partial charge in [-0.05, 0) is 28.3 Å². The minimum Gasteiger partial charge on any atom is -0.298 e. The molecule has 4 aromatic carbocycles. The minimum atomic E-state index is -0.153. The molecule has 0 aliphatic heterocycles. The van der Waals surface area contributed by atoms with Gasteiger partial charge in [-0.15, -0.1) is 0 Å². The summed E-state index contributed by atoms with van der Waals surface area (Å²) in [7, 11) is 0. The van der Waals surface area contributed by atoms with E-state index in [1.165, 1.54) is 0 Å². The molecule has 0 spiro atoms. The molecule has 0 radical (unpaired) electrons. The molecule has 3 nitrogen and oxygen atoms in total. The number of benzene rings is 4. The molecule has 0 saturated carbocycles. The Morgan fingerprint density at radius 2 is 1.21 bits per heavy atom. The maximum atomic E-state index is 12.6. The van der Waals surface area contributed by atoms with Crippen molar-refractivity contribution in [3.8, 4) is 0 Å². The molecule has 4 rings (SSSR count). The summed E-state index contributed by atoms with van der Waals surface area (Å²) in [5, 5.41) is 4.19. The van der Waals surface area contributed by atoms with Gasteiger partial charge in [0.2, 0.25) is 0 Å². The third kappa shape index (κ3) is 2.57. The number of hydrogen-bond acceptors (Lipinski definition) is 2. The van der Waals surface area contributed by atoms with E-state index >= 15 is 0 Å². The van der Waals surface area contributed by atoms with Gasteiger partial charge in [0, 0.05) is 10.9 Å². The molecule has 0 aromatic heterocycles. The van der Waals surface area contributed by atoms with Crippen LogP contribution in [0.15, 0.2) is 84.9 Å². The lowest BCUT2D eigenvalue weighted by molar-refractivity contribution is 0.0964. The van der Waals surface area contributed by atoms with Crippen LogP contribution in [0.2, 0.25) is 0 Å². The lowest BCUT2D eigenvalue weighted by Gasteiger charge is -2.12. The van der Waals surface area contributed by atoms with Gasteiger partial charge >= 0.3 is 0 Å². The van der Waals surface area contributed by atoms with Crippen molar-refractivity contribution >= 4 is 33.1 Å². The number of carbonyl (C=O) groups is 1. The average Bonchev–Trinajstić information content (AvgIpc) is 2.65. The third-order valence-corrected chi connectivity index (χ3v) is 4.13. The van der Waals surface area contributed by atoms with E-state index in [0.29, 0.717) is 5.56 Å². The molecule has 0 unspecified atom stereocenters. The summed E-state index contributed by atoms with van der Waals surface area (Å²) in [5.74, 6) is -0.153. The van der Waals surface area contributed by atoms with Crippen molar-refractivity contribution in [2.75, 3.05) is 5.43 Å². The van der Waals surface area contributed by atoms with Gasteiger partial charge in [-0.25, -0.2) is 0 Å². The fraction of sp³-hybridized carbons (Fsp3) is 0. The van der Waals surface area contributed by atoms with Crippen molar-refractivity contribution in [2.45, 2.75) is 0 Å². The highest BCUT2D eigenvalue weighted by Crippen LogP contribution is 2.23. The van der Waals surface area contributed by atoms with Gasteiger partial charge in [0.15, 0.2) is 0 Å². The number of hydrogen-bond donors (Lipinski definition) is 2. The molecule has 24 heavy (non-hydrogen) atoms. The number of rotatable bonds is 3. The van der Waals surface area contributed by atoms with Crippen molar-refractivity contribution in [2.24, 2.45) is 0 Å². The Kier molecular flexibility index (Phi) is 3.60. The second-order valence-corrected chi connectivity index (χ2v) is 5.63. The summed E-state index contributed by atoms with van der Waals surface area (Å²) in [4.78, 5) is 12.6. The van der Waals surface area contributed by atoms with E-state index in [1.54, 1.807) is 0 Å². The predicted octanol–water partition coefficient (Wildman–Crippen LogP) is 4.75. The summed E-state index contributed by atoms with van der Waals surface area (Å²) < 4.78 is 0. The zero-order chi connectivity index (χ0) is 16.4. The SMILES string of the molecule is O=C(NNc1cccc2ccccc12)c1cccc2ccccc12. The summed E-state index contributed by atoms with van der Waals surface area (Å²) in [6, 6.07) is 27.6. The van der Waals surface area contributed by atoms with Crippen molar-refractivity contribution < 1.29 is 4.79 Å². The molecular weight excluding hydrogens is 296 g/mol. The fourth-order valence-corrected chi connectivity index (χ4v) is 2.95. The van der Waals surface area contributed by atoms with Crippen LogP contribution < -0.4 is 10.9 Å². The largest absolute Gasteiger partial charge is 0.298 e. The third-order valence-electron chi connectivity index (χ3n) is 4.13. The first-order valence-electron chi connectivity index (χ1n) is 7.85. The van der Waals surface area contributed by atoms with Crippen molar-refractivity contribution in [3.05, 3.63) is 90.5 Å². The number of amides is 1. The molecule has 0 atom stereocenters. The first-order valence-corrected chi connectivity index (χ1v) is 7.85. The molecule has 0 heterocycles. The summed E-state index contributed by atoms with van der Waals surface area (Å²) in [6.45, 7) is 0. The lowest BCUT2D eigenvalue weighted by atomic mass is 10.0. The molecule has 2 N–H and O–H groups in total. The maximum absolute atomic E-state index is 12.6. The van der Waals surface area contributed by atoms with E-state index in [-0.39, 0.29) is 5.91 Å². The Morgan fingerprint density at radius 3 is 2.00 bits per heavy atom. The molecule has 0 saturated heterocycles. The van der Waals surface area contributed by atoms with Crippen LogP contribution in [-0.2, 0) is 0 Å². The Morgan fingerprint density at radius 1 is 0.625 bits per heavy atom. The predicted molar refractivity (Wildman–Crippen MR) is 99.0 cm³/mol. The second-order valence-electron chi connectivity index (χ2n) is 5.63. The molecule has 1 amide bonds. The lowest BCUT2D eigenvalue weighted by Crippen LogP contribution is -2.29. The van der Waals surface area contributed by atoms with Crippen molar-refractivity contribution in [1.29, 1.82) is 0 Å². The molecule has 116 valence electrons. The van der Waals surface area contributed by atoms with Crippen molar-refractivity contribution in [3.63, 3.8) is 0 Å². The van der Waals surface area contributed by atoms with Crippen LogP contribution in [-0.4, -0.2) is 5.91 Å². The van der Waals surface area contributed by atoms with Gasteiger partial charge in [-0.3, -0.25) is 15.6 Å². The highest BCUT2D eigenvalue weighted by Gasteiger charge is 2.09. The molecule has 0 aliphatic rings. The molecule has 0 fully saturated rings. The molecule has 4 aromatic rings. The normalized spacial score (nSPS) is 10.7. The molecule has 0 bridgehead atoms. The van der Waals surface area contributed by atoms with E-state index in [4.69, 9.17) is 0 Å². The number of hydrazine groups is 1. The van der Waals surface area contributed by atoms with Gasteiger partial charge in [0.25, 0.3) is 5.91 Å². The topological polar surface area (TPSA) is 41.1 Å². The van der Waals surface area contributed by atoms with Crippen LogP contribution in [0.5, 0.6) is 0 Å². The van der Waals surface area contributed by atoms with Crippen LogP contribution in [0.1, 0.15) is 10.4 Å². The second kappa shape index (κ2) is 6.05. The first kappa shape index (κ1) is 14.3. The highest BCUT2D eigenvalue weighted by molar-refractivity contribution is 6.07. The standard InChI is InChI=1S/C21H16N2O/c24-21(19-13-5-9-15-7-1-3-11-17(15)19)23-22-20-14-6-10-16-8-2-4-12-18(16)20/h1-14,22H,(H,23,24). The summed E-state index contributed by atoms with van der Waals surface area (Å²) in [5.41, 5.74) is 7.39. The smallest absolute Gasteiger partial charge is 0.270 e. The van der Waals surface area contributed by atoms with Crippen molar-refractivity contribution in [1.82, 2.24) is 5.43 Å². The first-order chi connectivity index (χ1) is 11.8. The van der Waals surface area contributed by atoms with Crippen LogP contribution in [0.25, 0.3) is 21.5 Å². The summed E-state index contributed by atoms with van der Waals surface area (Å²) >= 11 is 0. The van der Waals surface area contributed by atoms with Crippen LogP contribution in [0, 0.1) is 0 Å². The van der Waals surface area contributed by atoms with E-state index in [1.807, 2.05) is 84.9 Å². The highest BCUT2D eigenvalue weighted by atomic mass is 16.2.